The number of carbonyl (C=O) groups is 2. The fraction of sp³-hybridized carbons (Fsp3) is 0.263. The molecule has 0 saturated carbocycles. The molecule has 0 aliphatic carbocycles. The molecule has 12 nitrogen and oxygen atoms in total. The summed E-state index contributed by atoms with van der Waals surface area (Å²) >= 11 is 11.7. The van der Waals surface area contributed by atoms with Gasteiger partial charge in [0.15, 0.2) is 46.0 Å². The van der Waals surface area contributed by atoms with Crippen molar-refractivity contribution in [1.29, 1.82) is 0 Å². The number of carbonyl (C=O) groups excluding carboxylic acids is 2. The van der Waals surface area contributed by atoms with Gasteiger partial charge in [-0.3, -0.25) is 9.59 Å². The van der Waals surface area contributed by atoms with Crippen LogP contribution in [0, 0.1) is 0 Å². The number of benzene rings is 5. The molecule has 0 unspecified atom stereocenters. The Morgan fingerprint density at radius 1 is 0.385 bits per heavy atom. The van der Waals surface area contributed by atoms with E-state index in [-0.39, 0.29) is 34.8 Å². The average molecular weight is 752 g/mol. The lowest BCUT2D eigenvalue weighted by molar-refractivity contribution is -0.132. The zero-order valence-electron chi connectivity index (χ0n) is 29.4. The second kappa shape index (κ2) is 13.3. The molecule has 0 amide bonds. The van der Waals surface area contributed by atoms with Gasteiger partial charge in [-0.2, -0.15) is 0 Å². The van der Waals surface area contributed by atoms with Crippen LogP contribution in [0.4, 0.5) is 0 Å². The van der Waals surface area contributed by atoms with Crippen molar-refractivity contribution in [3.8, 4) is 57.5 Å². The van der Waals surface area contributed by atoms with Gasteiger partial charge in [-0.15, -0.1) is 23.2 Å². The van der Waals surface area contributed by atoms with Gasteiger partial charge in [0.1, 0.15) is 11.8 Å². The second-order valence-electron chi connectivity index (χ2n) is 11.5. The van der Waals surface area contributed by atoms with Crippen LogP contribution in [0.1, 0.15) is 0 Å². The van der Waals surface area contributed by atoms with E-state index in [1.807, 2.05) is 0 Å². The van der Waals surface area contributed by atoms with E-state index in [2.05, 4.69) is 0 Å². The third-order valence-electron chi connectivity index (χ3n) is 9.31. The molecular formula is C38H32Cl2O12. The molecule has 0 fully saturated rings. The molecule has 0 bridgehead atoms. The largest absolute Gasteiger partial charge is 0.493 e. The van der Waals surface area contributed by atoms with Gasteiger partial charge in [0.05, 0.1) is 56.9 Å². The Kier molecular flexibility index (Phi) is 8.92. The predicted molar refractivity (Wildman–Crippen MR) is 199 cm³/mol. The summed E-state index contributed by atoms with van der Waals surface area (Å²) < 4.78 is 59.4. The number of ether oxygens (including phenoxy) is 10. The molecule has 7 aromatic carbocycles. The molecule has 0 aliphatic heterocycles. The summed E-state index contributed by atoms with van der Waals surface area (Å²) in [6.07, 6.45) is 0. The summed E-state index contributed by atoms with van der Waals surface area (Å²) in [6.45, 7) is 0. The Balaban J connectivity index is 1.91. The zero-order chi connectivity index (χ0) is 37.2. The fourth-order valence-corrected chi connectivity index (χ4v) is 7.63. The number of alkyl halides is 2. The molecule has 270 valence electrons. The molecule has 7 rings (SSSR count). The first-order valence-electron chi connectivity index (χ1n) is 15.7. The minimum atomic E-state index is -0.666. The Morgan fingerprint density at radius 3 is 0.962 bits per heavy atom. The van der Waals surface area contributed by atoms with E-state index < -0.39 is 11.9 Å². The molecule has 7 aromatic rings. The van der Waals surface area contributed by atoms with Gasteiger partial charge < -0.3 is 47.4 Å². The average Bonchev–Trinajstić information content (AvgIpc) is 3.67. The number of hydrogen-bond acceptors (Lipinski definition) is 12. The lowest BCUT2D eigenvalue weighted by atomic mass is 9.92. The summed E-state index contributed by atoms with van der Waals surface area (Å²) in [5, 5.41) is 8.05. The van der Waals surface area contributed by atoms with E-state index >= 15 is 0 Å². The Morgan fingerprint density at radius 2 is 0.673 bits per heavy atom. The van der Waals surface area contributed by atoms with Gasteiger partial charge in [0.2, 0.25) is 11.5 Å². The van der Waals surface area contributed by atoms with Crippen LogP contribution >= 0.6 is 23.2 Å². The molecule has 0 aromatic heterocycles. The molecule has 0 heterocycles. The van der Waals surface area contributed by atoms with E-state index in [0.29, 0.717) is 99.1 Å². The van der Waals surface area contributed by atoms with Crippen molar-refractivity contribution in [2.75, 3.05) is 68.6 Å². The third kappa shape index (κ3) is 4.66. The molecule has 0 aliphatic rings. The summed E-state index contributed by atoms with van der Waals surface area (Å²) in [4.78, 5) is 25.0. The zero-order valence-corrected chi connectivity index (χ0v) is 30.9. The van der Waals surface area contributed by atoms with E-state index in [9.17, 15) is 9.59 Å². The van der Waals surface area contributed by atoms with Crippen molar-refractivity contribution in [3.63, 3.8) is 0 Å². The van der Waals surface area contributed by atoms with Crippen molar-refractivity contribution in [1.82, 2.24) is 0 Å². The van der Waals surface area contributed by atoms with Crippen molar-refractivity contribution >= 4 is 99.8 Å². The highest BCUT2D eigenvalue weighted by Crippen LogP contribution is 2.63. The smallest absolute Gasteiger partial charge is 0.326 e. The highest BCUT2D eigenvalue weighted by molar-refractivity contribution is 6.51. The molecule has 0 atom stereocenters. The Hall–Kier alpha value is -5.46. The first-order valence-corrected chi connectivity index (χ1v) is 16.7. The molecule has 0 saturated heterocycles. The van der Waals surface area contributed by atoms with Gasteiger partial charge in [0.25, 0.3) is 0 Å². The van der Waals surface area contributed by atoms with E-state index in [0.717, 1.165) is 0 Å². The van der Waals surface area contributed by atoms with E-state index in [4.69, 9.17) is 70.6 Å². The minimum Gasteiger partial charge on any atom is -0.493 e. The van der Waals surface area contributed by atoms with Crippen LogP contribution in [0.5, 0.6) is 57.5 Å². The molecule has 0 spiro atoms. The lowest BCUT2D eigenvalue weighted by Crippen LogP contribution is -2.09. The summed E-state index contributed by atoms with van der Waals surface area (Å²) in [7, 11) is 12.2. The lowest BCUT2D eigenvalue weighted by Gasteiger charge is -2.20. The molecule has 52 heavy (non-hydrogen) atoms. The van der Waals surface area contributed by atoms with Crippen LogP contribution in [0.15, 0.2) is 24.3 Å². The first-order chi connectivity index (χ1) is 25.2. The highest BCUT2D eigenvalue weighted by Gasteiger charge is 2.35. The van der Waals surface area contributed by atoms with Gasteiger partial charge >= 0.3 is 11.9 Å². The molecule has 14 heteroatoms. The van der Waals surface area contributed by atoms with Crippen LogP contribution in [0.25, 0.3) is 64.6 Å². The predicted octanol–water partition coefficient (Wildman–Crippen LogP) is 7.84. The van der Waals surface area contributed by atoms with Crippen LogP contribution in [0.2, 0.25) is 0 Å². The molecule has 0 N–H and O–H groups in total. The quantitative estimate of drug-likeness (QED) is 0.0523. The third-order valence-corrected chi connectivity index (χ3v) is 9.75. The maximum Gasteiger partial charge on any atom is 0.326 e. The van der Waals surface area contributed by atoms with Crippen LogP contribution in [-0.2, 0) is 9.59 Å². The van der Waals surface area contributed by atoms with Gasteiger partial charge in [0, 0.05) is 43.1 Å². The minimum absolute atomic E-state index is 0.149. The summed E-state index contributed by atoms with van der Waals surface area (Å²) in [6, 6.07) is 6.98. The number of halogens is 2. The second-order valence-corrected chi connectivity index (χ2v) is 12.0. The van der Waals surface area contributed by atoms with E-state index in [1.165, 1.54) is 42.7 Å². The van der Waals surface area contributed by atoms with Crippen LogP contribution in [0.3, 0.4) is 0 Å². The van der Waals surface area contributed by atoms with Crippen molar-refractivity contribution in [3.05, 3.63) is 24.3 Å². The fourth-order valence-electron chi connectivity index (χ4n) is 7.52. The standard InChI is InChI=1S/C38H32Cl2O12/c1-43-19-9-17-15(11-21(19)51-23(41)13-39)25-29-27(17)33(45-3)37(49-7)36(48-6)32(29)26-16-12-22(52-24(42)14-40)20(44-2)10-18(16)28-30(26)31(25)35(47-5)38(50-8)34(28)46-4/h9-12H,13-14H2,1-8H3. The first kappa shape index (κ1) is 35.0. The highest BCUT2D eigenvalue weighted by atomic mass is 35.5. The monoisotopic (exact) mass is 750 g/mol. The number of rotatable bonds is 12. The number of hydrogen-bond donors (Lipinski definition) is 0. The number of fused-ring (bicyclic) bond motifs is 8. The van der Waals surface area contributed by atoms with Crippen molar-refractivity contribution in [2.45, 2.75) is 0 Å². The Labute approximate surface area is 306 Å². The van der Waals surface area contributed by atoms with Crippen LogP contribution in [-0.4, -0.2) is 80.6 Å². The maximum absolute atomic E-state index is 12.5. The SMILES string of the molecule is COc1cc2c(cc1OC(=O)CCl)c1c3c(OC)c(OC)c(OC)c4c5cc(OC)c(OC(=O)CCl)cc5c(c5c(OC)c(OC)c(OC)c2c51)c43. The van der Waals surface area contributed by atoms with Gasteiger partial charge in [-0.1, -0.05) is 0 Å². The molecular weight excluding hydrogens is 719 g/mol. The topological polar surface area (TPSA) is 126 Å². The van der Waals surface area contributed by atoms with Gasteiger partial charge in [-0.05, 0) is 45.8 Å². The maximum atomic E-state index is 12.5. The van der Waals surface area contributed by atoms with Crippen molar-refractivity contribution < 1.29 is 57.0 Å². The van der Waals surface area contributed by atoms with Crippen LogP contribution < -0.4 is 47.4 Å². The molecule has 0 radical (unpaired) electrons. The van der Waals surface area contributed by atoms with E-state index in [1.54, 1.807) is 38.5 Å². The number of methoxy groups -OCH3 is 8. The number of esters is 2. The summed E-state index contributed by atoms with van der Waals surface area (Å²) in [5.74, 6) is 0.931. The normalized spacial score (nSPS) is 11.6. The summed E-state index contributed by atoms with van der Waals surface area (Å²) in [5.41, 5.74) is 0. The van der Waals surface area contributed by atoms with Crippen molar-refractivity contribution in [2.24, 2.45) is 0 Å². The Bertz CT molecular complexity index is 2400. The van der Waals surface area contributed by atoms with Gasteiger partial charge in [-0.25, -0.2) is 0 Å².